The lowest BCUT2D eigenvalue weighted by Gasteiger charge is -2.09. The van der Waals surface area contributed by atoms with Gasteiger partial charge in [-0.1, -0.05) is 18.2 Å². The third-order valence-corrected chi connectivity index (χ3v) is 3.78. The Labute approximate surface area is 127 Å². The third-order valence-electron chi connectivity index (χ3n) is 2.87. The normalized spacial score (nSPS) is 11.0. The predicted octanol–water partition coefficient (Wildman–Crippen LogP) is 0.685. The fourth-order valence-corrected chi connectivity index (χ4v) is 2.38. The van der Waals surface area contributed by atoms with E-state index >= 15 is 0 Å². The Balaban J connectivity index is 2.33. The number of primary amides is 1. The van der Waals surface area contributed by atoms with E-state index in [1.807, 2.05) is 0 Å². The number of primary sulfonamides is 1. The lowest BCUT2D eigenvalue weighted by atomic mass is 10.1. The van der Waals surface area contributed by atoms with Crippen LogP contribution in [-0.4, -0.2) is 20.2 Å². The van der Waals surface area contributed by atoms with Gasteiger partial charge in [0.1, 0.15) is 0 Å². The average Bonchev–Trinajstić information content (AvgIpc) is 2.47. The van der Waals surface area contributed by atoms with Crippen molar-refractivity contribution in [3.8, 4) is 0 Å². The Morgan fingerprint density at radius 2 is 1.68 bits per heavy atom. The van der Waals surface area contributed by atoms with Gasteiger partial charge in [-0.3, -0.25) is 9.59 Å². The van der Waals surface area contributed by atoms with Gasteiger partial charge in [-0.05, 0) is 30.3 Å². The number of carbonyl (C=O) groups excluding carboxylic acids is 2. The van der Waals surface area contributed by atoms with E-state index in [4.69, 9.17) is 10.9 Å². The summed E-state index contributed by atoms with van der Waals surface area (Å²) in [4.78, 5) is 23.3. The van der Waals surface area contributed by atoms with Gasteiger partial charge >= 0.3 is 0 Å². The highest BCUT2D eigenvalue weighted by molar-refractivity contribution is 7.89. The molecule has 0 radical (unpaired) electrons. The topological polar surface area (TPSA) is 132 Å². The highest BCUT2D eigenvalue weighted by atomic mass is 32.2. The molecule has 0 aromatic heterocycles. The van der Waals surface area contributed by atoms with E-state index in [-0.39, 0.29) is 21.7 Å². The highest BCUT2D eigenvalue weighted by Crippen LogP contribution is 2.17. The zero-order chi connectivity index (χ0) is 16.3. The number of hydrogen-bond acceptors (Lipinski definition) is 4. The van der Waals surface area contributed by atoms with Crippen molar-refractivity contribution in [1.29, 1.82) is 0 Å². The molecule has 2 aromatic rings. The van der Waals surface area contributed by atoms with E-state index in [1.165, 1.54) is 30.3 Å². The number of amides is 2. The van der Waals surface area contributed by atoms with Crippen LogP contribution in [-0.2, 0) is 10.0 Å². The molecule has 8 heteroatoms. The van der Waals surface area contributed by atoms with E-state index in [0.717, 1.165) is 6.07 Å². The predicted molar refractivity (Wildman–Crippen MR) is 80.7 cm³/mol. The number of hydrogen-bond donors (Lipinski definition) is 3. The van der Waals surface area contributed by atoms with Crippen molar-refractivity contribution in [1.82, 2.24) is 0 Å². The fourth-order valence-electron chi connectivity index (χ4n) is 1.82. The molecule has 114 valence electrons. The maximum Gasteiger partial charge on any atom is 0.255 e. The molecular formula is C14H13N3O4S. The minimum atomic E-state index is -3.91. The van der Waals surface area contributed by atoms with Gasteiger partial charge in [-0.2, -0.15) is 0 Å². The molecule has 2 aromatic carbocycles. The van der Waals surface area contributed by atoms with Crippen LogP contribution in [0.1, 0.15) is 20.7 Å². The molecule has 5 N–H and O–H groups in total. The number of sulfonamides is 1. The molecule has 0 bridgehead atoms. The van der Waals surface area contributed by atoms with Gasteiger partial charge < -0.3 is 11.1 Å². The van der Waals surface area contributed by atoms with Gasteiger partial charge in [0.2, 0.25) is 10.0 Å². The number of anilines is 1. The Morgan fingerprint density at radius 3 is 2.32 bits per heavy atom. The summed E-state index contributed by atoms with van der Waals surface area (Å²) in [7, 11) is -3.91. The zero-order valence-electron chi connectivity index (χ0n) is 11.3. The molecule has 0 aliphatic rings. The molecule has 0 saturated carbocycles. The van der Waals surface area contributed by atoms with Gasteiger partial charge in [0, 0.05) is 5.56 Å². The molecular weight excluding hydrogens is 306 g/mol. The van der Waals surface area contributed by atoms with Crippen LogP contribution in [0.2, 0.25) is 0 Å². The lowest BCUT2D eigenvalue weighted by molar-refractivity contribution is 0.100. The van der Waals surface area contributed by atoms with Crippen LogP contribution >= 0.6 is 0 Å². The SMILES string of the molecule is NC(=O)c1ccccc1NC(=O)c1cccc(S(N)(=O)=O)c1. The Hall–Kier alpha value is -2.71. The number of nitrogens with two attached hydrogens (primary N) is 2. The molecule has 0 aliphatic heterocycles. The zero-order valence-corrected chi connectivity index (χ0v) is 12.1. The summed E-state index contributed by atoms with van der Waals surface area (Å²) in [6, 6.07) is 11.5. The van der Waals surface area contributed by atoms with E-state index in [2.05, 4.69) is 5.32 Å². The van der Waals surface area contributed by atoms with Crippen LogP contribution in [0.15, 0.2) is 53.4 Å². The van der Waals surface area contributed by atoms with Crippen molar-refractivity contribution in [2.45, 2.75) is 4.90 Å². The first-order valence-corrected chi connectivity index (χ1v) is 7.67. The average molecular weight is 319 g/mol. The van der Waals surface area contributed by atoms with Crippen molar-refractivity contribution in [3.63, 3.8) is 0 Å². The first-order valence-electron chi connectivity index (χ1n) is 6.12. The number of rotatable bonds is 4. The van der Waals surface area contributed by atoms with Gasteiger partial charge in [0.05, 0.1) is 16.1 Å². The van der Waals surface area contributed by atoms with Gasteiger partial charge in [-0.15, -0.1) is 0 Å². The summed E-state index contributed by atoms with van der Waals surface area (Å²) < 4.78 is 22.6. The van der Waals surface area contributed by atoms with E-state index < -0.39 is 21.8 Å². The van der Waals surface area contributed by atoms with E-state index in [1.54, 1.807) is 12.1 Å². The van der Waals surface area contributed by atoms with Crippen molar-refractivity contribution >= 4 is 27.5 Å². The summed E-state index contributed by atoms with van der Waals surface area (Å²) in [5, 5.41) is 7.53. The number of nitrogens with one attached hydrogen (secondary N) is 1. The number of benzene rings is 2. The van der Waals surface area contributed by atoms with Gasteiger partial charge in [-0.25, -0.2) is 13.6 Å². The summed E-state index contributed by atoms with van der Waals surface area (Å²) in [6.45, 7) is 0. The Bertz CT molecular complexity index is 847. The molecule has 2 amide bonds. The van der Waals surface area contributed by atoms with Gasteiger partial charge in [0.15, 0.2) is 0 Å². The van der Waals surface area contributed by atoms with Crippen molar-refractivity contribution in [2.75, 3.05) is 5.32 Å². The summed E-state index contributed by atoms with van der Waals surface area (Å²) in [5.74, 6) is -1.27. The molecule has 0 heterocycles. The second kappa shape index (κ2) is 5.96. The molecule has 0 fully saturated rings. The largest absolute Gasteiger partial charge is 0.366 e. The van der Waals surface area contributed by atoms with Crippen LogP contribution in [0, 0.1) is 0 Å². The van der Waals surface area contributed by atoms with Crippen LogP contribution in [0.5, 0.6) is 0 Å². The molecule has 0 aliphatic carbocycles. The molecule has 0 spiro atoms. The molecule has 0 saturated heterocycles. The van der Waals surface area contributed by atoms with E-state index in [9.17, 15) is 18.0 Å². The first kappa shape index (κ1) is 15.7. The van der Waals surface area contributed by atoms with Crippen LogP contribution in [0.3, 0.4) is 0 Å². The maximum atomic E-state index is 12.2. The lowest BCUT2D eigenvalue weighted by Crippen LogP contribution is -2.19. The summed E-state index contributed by atoms with van der Waals surface area (Å²) >= 11 is 0. The maximum absolute atomic E-state index is 12.2. The molecule has 0 unspecified atom stereocenters. The smallest absolute Gasteiger partial charge is 0.255 e. The number of para-hydroxylation sites is 1. The van der Waals surface area contributed by atoms with Crippen LogP contribution < -0.4 is 16.2 Å². The standard InChI is InChI=1S/C14H13N3O4S/c15-13(18)11-6-1-2-7-12(11)17-14(19)9-4-3-5-10(8-9)22(16,20)21/h1-8H,(H2,15,18)(H,17,19)(H2,16,20,21). The van der Waals surface area contributed by atoms with Crippen molar-refractivity contribution < 1.29 is 18.0 Å². The van der Waals surface area contributed by atoms with Crippen LogP contribution in [0.25, 0.3) is 0 Å². The quantitative estimate of drug-likeness (QED) is 0.764. The summed E-state index contributed by atoms with van der Waals surface area (Å²) in [6.07, 6.45) is 0. The highest BCUT2D eigenvalue weighted by Gasteiger charge is 2.14. The molecule has 2 rings (SSSR count). The minimum absolute atomic E-state index is 0.0887. The Kier molecular flexibility index (Phi) is 4.25. The molecule has 22 heavy (non-hydrogen) atoms. The van der Waals surface area contributed by atoms with E-state index in [0.29, 0.717) is 0 Å². The van der Waals surface area contributed by atoms with Crippen molar-refractivity contribution in [3.05, 3.63) is 59.7 Å². The van der Waals surface area contributed by atoms with Crippen molar-refractivity contribution in [2.24, 2.45) is 10.9 Å². The second-order valence-corrected chi connectivity index (χ2v) is 6.00. The van der Waals surface area contributed by atoms with Gasteiger partial charge in [0.25, 0.3) is 11.8 Å². The first-order chi connectivity index (χ1) is 10.3. The molecule has 7 nitrogen and oxygen atoms in total. The fraction of sp³-hybridized carbons (Fsp3) is 0. The minimum Gasteiger partial charge on any atom is -0.366 e. The Morgan fingerprint density at radius 1 is 1.00 bits per heavy atom. The number of carbonyl (C=O) groups is 2. The summed E-state index contributed by atoms with van der Waals surface area (Å²) in [5.41, 5.74) is 5.70. The monoisotopic (exact) mass is 319 g/mol. The molecule has 0 atom stereocenters. The van der Waals surface area contributed by atoms with Crippen LogP contribution in [0.4, 0.5) is 5.69 Å². The second-order valence-electron chi connectivity index (χ2n) is 4.44. The third kappa shape index (κ3) is 3.48.